The van der Waals surface area contributed by atoms with Gasteiger partial charge >= 0.3 is 6.03 Å². The zero-order valence-electron chi connectivity index (χ0n) is 16.0. The summed E-state index contributed by atoms with van der Waals surface area (Å²) < 4.78 is 6.35. The number of benzene rings is 2. The summed E-state index contributed by atoms with van der Waals surface area (Å²) >= 11 is 3.51. The van der Waals surface area contributed by atoms with Crippen molar-refractivity contribution in [3.05, 3.63) is 40.9 Å². The Kier molecular flexibility index (Phi) is 5.21. The van der Waals surface area contributed by atoms with Gasteiger partial charge in [0.25, 0.3) is 11.8 Å². The Morgan fingerprint density at radius 3 is 2.72 bits per heavy atom. The Balaban J connectivity index is 1.39. The van der Waals surface area contributed by atoms with E-state index >= 15 is 0 Å². The van der Waals surface area contributed by atoms with E-state index in [0.29, 0.717) is 24.5 Å². The molecule has 8 heteroatoms. The Bertz CT molecular complexity index is 985. The summed E-state index contributed by atoms with van der Waals surface area (Å²) in [7, 11) is 0. The molecule has 0 radical (unpaired) electrons. The number of nitrogens with zero attached hydrogens (tertiary/aromatic N) is 1. The fourth-order valence-electron chi connectivity index (χ4n) is 3.94. The number of imide groups is 1. The van der Waals surface area contributed by atoms with E-state index in [2.05, 4.69) is 33.6 Å². The predicted octanol–water partition coefficient (Wildman–Crippen LogP) is 3.51. The van der Waals surface area contributed by atoms with Crippen molar-refractivity contribution in [2.24, 2.45) is 5.92 Å². The molecule has 1 heterocycles. The van der Waals surface area contributed by atoms with E-state index in [1.807, 2.05) is 30.3 Å². The summed E-state index contributed by atoms with van der Waals surface area (Å²) in [6.45, 7) is 1.81. The minimum Gasteiger partial charge on any atom is -0.483 e. The van der Waals surface area contributed by atoms with Crippen LogP contribution in [0.5, 0.6) is 5.75 Å². The standard InChI is InChI=1S/C21H22BrN3O4/c1-13-8-10-21(11-9-13)19(27)25(20(28)23-21)24-17(26)12-29-16-7-6-14-4-2-3-5-15(14)18(16)22/h2-7,13H,8-12H2,1H3,(H,23,28)(H,24,26). The summed E-state index contributed by atoms with van der Waals surface area (Å²) in [5, 5.41) is 5.57. The molecule has 29 heavy (non-hydrogen) atoms. The molecule has 152 valence electrons. The topological polar surface area (TPSA) is 87.7 Å². The molecule has 4 amide bonds. The Hall–Kier alpha value is -2.61. The first-order valence-corrected chi connectivity index (χ1v) is 10.5. The van der Waals surface area contributed by atoms with Gasteiger partial charge in [0.15, 0.2) is 6.61 Å². The van der Waals surface area contributed by atoms with Gasteiger partial charge in [0.2, 0.25) is 0 Å². The van der Waals surface area contributed by atoms with Gasteiger partial charge in [-0.1, -0.05) is 37.3 Å². The molecule has 1 spiro atoms. The van der Waals surface area contributed by atoms with Crippen LogP contribution in [0.3, 0.4) is 0 Å². The highest BCUT2D eigenvalue weighted by Crippen LogP contribution is 2.36. The van der Waals surface area contributed by atoms with Crippen molar-refractivity contribution < 1.29 is 19.1 Å². The summed E-state index contributed by atoms with van der Waals surface area (Å²) in [5.74, 6) is 0.0704. The fraction of sp³-hybridized carbons (Fsp3) is 0.381. The second kappa shape index (κ2) is 7.67. The number of carbonyl (C=O) groups is 3. The summed E-state index contributed by atoms with van der Waals surface area (Å²) in [6.07, 6.45) is 2.91. The molecule has 1 saturated heterocycles. The lowest BCUT2D eigenvalue weighted by Gasteiger charge is -2.33. The fourth-order valence-corrected chi connectivity index (χ4v) is 4.55. The molecule has 0 bridgehead atoms. The third-order valence-electron chi connectivity index (χ3n) is 5.71. The lowest BCUT2D eigenvalue weighted by atomic mass is 9.77. The summed E-state index contributed by atoms with van der Waals surface area (Å²) in [5.41, 5.74) is 1.49. The van der Waals surface area contributed by atoms with Crippen LogP contribution in [0.15, 0.2) is 40.9 Å². The van der Waals surface area contributed by atoms with Gasteiger partial charge < -0.3 is 10.1 Å². The average molecular weight is 460 g/mol. The molecule has 2 aromatic rings. The van der Waals surface area contributed by atoms with E-state index in [0.717, 1.165) is 33.1 Å². The maximum atomic E-state index is 12.8. The minimum absolute atomic E-state index is 0.321. The summed E-state index contributed by atoms with van der Waals surface area (Å²) in [4.78, 5) is 37.4. The van der Waals surface area contributed by atoms with Gasteiger partial charge in [-0.2, -0.15) is 5.01 Å². The number of hydrogen-bond acceptors (Lipinski definition) is 4. The van der Waals surface area contributed by atoms with Gasteiger partial charge in [0.05, 0.1) is 4.47 Å². The third kappa shape index (κ3) is 3.69. The highest BCUT2D eigenvalue weighted by atomic mass is 79.9. The van der Waals surface area contributed by atoms with Crippen molar-refractivity contribution in [1.82, 2.24) is 15.8 Å². The van der Waals surface area contributed by atoms with E-state index in [4.69, 9.17) is 4.74 Å². The number of carbonyl (C=O) groups excluding carboxylic acids is 3. The zero-order valence-corrected chi connectivity index (χ0v) is 17.6. The van der Waals surface area contributed by atoms with Crippen molar-refractivity contribution in [3.8, 4) is 5.75 Å². The molecule has 2 aromatic carbocycles. The lowest BCUT2D eigenvalue weighted by Crippen LogP contribution is -2.52. The van der Waals surface area contributed by atoms with Crippen molar-refractivity contribution in [2.45, 2.75) is 38.1 Å². The number of hydrogen-bond donors (Lipinski definition) is 2. The van der Waals surface area contributed by atoms with Crippen molar-refractivity contribution in [3.63, 3.8) is 0 Å². The molecule has 0 unspecified atom stereocenters. The highest BCUT2D eigenvalue weighted by Gasteiger charge is 2.52. The molecule has 1 saturated carbocycles. The molecule has 4 rings (SSSR count). The van der Waals surface area contributed by atoms with E-state index in [9.17, 15) is 14.4 Å². The Morgan fingerprint density at radius 2 is 1.97 bits per heavy atom. The van der Waals surface area contributed by atoms with Crippen molar-refractivity contribution in [1.29, 1.82) is 0 Å². The number of halogens is 1. The number of hydrazine groups is 1. The zero-order chi connectivity index (χ0) is 20.6. The molecule has 1 aliphatic heterocycles. The van der Waals surface area contributed by atoms with Crippen LogP contribution in [0, 0.1) is 5.92 Å². The first kappa shape index (κ1) is 19.7. The second-order valence-electron chi connectivity index (χ2n) is 7.76. The third-order valence-corrected chi connectivity index (χ3v) is 6.53. The van der Waals surface area contributed by atoms with E-state index in [1.54, 1.807) is 6.07 Å². The van der Waals surface area contributed by atoms with Crippen LogP contribution in [-0.2, 0) is 9.59 Å². The van der Waals surface area contributed by atoms with Crippen LogP contribution in [0.2, 0.25) is 0 Å². The molecular formula is C21H22BrN3O4. The van der Waals surface area contributed by atoms with Crippen molar-refractivity contribution >= 4 is 44.5 Å². The van der Waals surface area contributed by atoms with Crippen LogP contribution < -0.4 is 15.5 Å². The second-order valence-corrected chi connectivity index (χ2v) is 8.55. The smallest absolute Gasteiger partial charge is 0.344 e. The minimum atomic E-state index is -0.890. The van der Waals surface area contributed by atoms with Gasteiger partial charge in [0, 0.05) is 0 Å². The molecule has 2 fully saturated rings. The maximum absolute atomic E-state index is 12.8. The lowest BCUT2D eigenvalue weighted by molar-refractivity contribution is -0.140. The maximum Gasteiger partial charge on any atom is 0.344 e. The molecule has 7 nitrogen and oxygen atoms in total. The number of urea groups is 1. The van der Waals surface area contributed by atoms with Crippen LogP contribution in [-0.4, -0.2) is 35.0 Å². The molecular weight excluding hydrogens is 438 g/mol. The molecule has 2 N–H and O–H groups in total. The largest absolute Gasteiger partial charge is 0.483 e. The number of amides is 4. The van der Waals surface area contributed by atoms with Gasteiger partial charge in [-0.3, -0.25) is 15.0 Å². The first-order chi connectivity index (χ1) is 13.9. The number of nitrogens with one attached hydrogen (secondary N) is 2. The predicted molar refractivity (Wildman–Crippen MR) is 111 cm³/mol. The number of rotatable bonds is 4. The highest BCUT2D eigenvalue weighted by molar-refractivity contribution is 9.10. The van der Waals surface area contributed by atoms with Crippen molar-refractivity contribution in [2.75, 3.05) is 6.61 Å². The number of ether oxygens (including phenoxy) is 1. The molecule has 1 aliphatic carbocycles. The normalized spacial score (nSPS) is 24.1. The van der Waals surface area contributed by atoms with Crippen LogP contribution >= 0.6 is 15.9 Å². The Labute approximate surface area is 176 Å². The molecule has 0 aromatic heterocycles. The molecule has 0 atom stereocenters. The average Bonchev–Trinajstić information content (AvgIpc) is 2.94. The summed E-state index contributed by atoms with van der Waals surface area (Å²) in [6, 6.07) is 10.9. The van der Waals surface area contributed by atoms with Gasteiger partial charge in [-0.15, -0.1) is 0 Å². The monoisotopic (exact) mass is 459 g/mol. The SMILES string of the molecule is CC1CCC2(CC1)NC(=O)N(NC(=O)COc1ccc3ccccc3c1Br)C2=O. The van der Waals surface area contributed by atoms with Gasteiger partial charge in [0.1, 0.15) is 11.3 Å². The Morgan fingerprint density at radius 1 is 1.24 bits per heavy atom. The van der Waals surface area contributed by atoms with E-state index in [-0.39, 0.29) is 6.61 Å². The van der Waals surface area contributed by atoms with Gasteiger partial charge in [-0.25, -0.2) is 4.79 Å². The number of fused-ring (bicyclic) bond motifs is 1. The van der Waals surface area contributed by atoms with E-state index in [1.165, 1.54) is 0 Å². The van der Waals surface area contributed by atoms with Crippen LogP contribution in [0.25, 0.3) is 10.8 Å². The first-order valence-electron chi connectivity index (χ1n) is 9.66. The van der Waals surface area contributed by atoms with E-state index < -0.39 is 23.4 Å². The quantitative estimate of drug-likeness (QED) is 0.684. The molecule has 2 aliphatic rings. The van der Waals surface area contributed by atoms with Crippen LogP contribution in [0.1, 0.15) is 32.6 Å². The van der Waals surface area contributed by atoms with Gasteiger partial charge in [-0.05, 0) is 64.4 Å². The van der Waals surface area contributed by atoms with Crippen LogP contribution in [0.4, 0.5) is 4.79 Å².